The van der Waals surface area contributed by atoms with Crippen molar-refractivity contribution in [1.29, 1.82) is 0 Å². The molecular weight excluding hydrogens is 628 g/mol. The average molecular weight is 641 g/mol. The van der Waals surface area contributed by atoms with Gasteiger partial charge in [-0.2, -0.15) is 0 Å². The van der Waals surface area contributed by atoms with E-state index in [1.807, 2.05) is 0 Å². The molecule has 0 saturated heterocycles. The minimum Gasteiger partial charge on any atom is -0.870 e. The number of halogens is 5. The van der Waals surface area contributed by atoms with Crippen molar-refractivity contribution in [3.05, 3.63) is 58.1 Å². The second-order valence-electron chi connectivity index (χ2n) is 6.63. The van der Waals surface area contributed by atoms with Crippen molar-refractivity contribution in [2.75, 3.05) is 0 Å². The van der Waals surface area contributed by atoms with E-state index in [1.54, 1.807) is 18.2 Å². The molecule has 0 atom stereocenters. The molecule has 0 spiro atoms. The summed E-state index contributed by atoms with van der Waals surface area (Å²) in [5.41, 5.74) is 0.388. The first-order valence-electron chi connectivity index (χ1n) is 9.90. The Morgan fingerprint density at radius 1 is 0.775 bits per heavy atom. The van der Waals surface area contributed by atoms with E-state index in [9.17, 15) is 4.79 Å². The molecule has 0 aliphatic carbocycles. The summed E-state index contributed by atoms with van der Waals surface area (Å²) < 4.78 is -0.750. The third-order valence-corrected chi connectivity index (χ3v) is 4.04. The van der Waals surface area contributed by atoms with Crippen LogP contribution in [0.3, 0.4) is 0 Å². The number of benzene rings is 2. The fourth-order valence-corrected chi connectivity index (χ4v) is 1.88. The van der Waals surface area contributed by atoms with Gasteiger partial charge in [0.15, 0.2) is 10.6 Å². The van der Waals surface area contributed by atoms with Gasteiger partial charge in [-0.25, -0.2) is 0 Å². The van der Waals surface area contributed by atoms with Gasteiger partial charge < -0.3 is 21.2 Å². The minimum absolute atomic E-state index is 0. The molecule has 4 N–H and O–H groups in total. The number of phenolic OH excluding ortho intramolecular Hbond substituents is 2. The first-order valence-corrected chi connectivity index (χ1v) is 12.0. The van der Waals surface area contributed by atoms with Gasteiger partial charge in [-0.15, -0.1) is 0 Å². The van der Waals surface area contributed by atoms with Crippen molar-refractivity contribution >= 4 is 211 Å². The van der Waals surface area contributed by atoms with E-state index in [0.29, 0.717) is 16.9 Å². The standard InChI is InChI=1S/C7H5ClO2.C6H5ClO.CHCl3.B8.B7.Ca.2H2O/c8-7-3-6(10)2-1-5(7)4-9;7-5-2-1-3-6(8)4-5;2-1(3)4;1-6(2)8(5)7(3)4;1-5-7(4)6(2)3;;;/h1-4,10H;1-4,8H;1H;;;;2*1H2/q;;;;;+2;;/p-2. The molecule has 26 heteroatoms. The van der Waals surface area contributed by atoms with Gasteiger partial charge in [-0.1, -0.05) is 64.1 Å². The van der Waals surface area contributed by atoms with Crippen molar-refractivity contribution in [3.63, 3.8) is 0 Å². The van der Waals surface area contributed by atoms with Gasteiger partial charge in [0.05, 0.1) is 5.02 Å². The Hall–Kier alpha value is 1.31. The summed E-state index contributed by atoms with van der Waals surface area (Å²) in [6.07, 6.45) is -2.06. The van der Waals surface area contributed by atoms with Crippen LogP contribution in [-0.2, 0) is 0 Å². The second-order valence-corrected chi connectivity index (χ2v) is 9.45. The maximum Gasteiger partial charge on any atom is 2.00 e. The predicted molar refractivity (Wildman–Crippen MR) is 189 cm³/mol. The molecule has 0 unspecified atom stereocenters. The van der Waals surface area contributed by atoms with E-state index in [1.165, 1.54) is 31.3 Å². The molecule has 2 aromatic rings. The molecule has 0 heterocycles. The molecule has 181 valence electrons. The third kappa shape index (κ3) is 35.5. The van der Waals surface area contributed by atoms with Crippen LogP contribution in [-0.4, -0.2) is 178 Å². The zero-order chi connectivity index (χ0) is 29.7. The normalized spacial score (nSPS) is 7.95. The fourth-order valence-electron chi connectivity index (χ4n) is 1.47. The van der Waals surface area contributed by atoms with E-state index >= 15 is 0 Å². The minimum atomic E-state index is -0.750. The molecule has 0 fully saturated rings. The monoisotopic (exact) mass is 641 g/mol. The van der Waals surface area contributed by atoms with Crippen LogP contribution < -0.4 is 0 Å². The van der Waals surface area contributed by atoms with E-state index in [-0.39, 0.29) is 71.6 Å². The summed E-state index contributed by atoms with van der Waals surface area (Å²) in [5, 5.41) is 18.4. The van der Waals surface area contributed by atoms with Crippen LogP contribution in [0.15, 0.2) is 42.5 Å². The van der Waals surface area contributed by atoms with Gasteiger partial charge in [0.2, 0.25) is 0 Å². The smallest absolute Gasteiger partial charge is 0.870 e. The van der Waals surface area contributed by atoms with Crippen LogP contribution in [0.25, 0.3) is 0 Å². The van der Waals surface area contributed by atoms with Crippen LogP contribution in [0.1, 0.15) is 10.4 Å². The number of aldehydes is 1. The summed E-state index contributed by atoms with van der Waals surface area (Å²) >= 11 is 25.4. The maximum atomic E-state index is 10.2. The van der Waals surface area contributed by atoms with E-state index < -0.39 is 29.8 Å². The number of phenols is 2. The number of carbonyl (C=O) groups is 1. The first kappa shape index (κ1) is 53.8. The molecule has 0 aromatic heterocycles. The Labute approximate surface area is 307 Å². The van der Waals surface area contributed by atoms with Gasteiger partial charge in [-0.05, 0) is 36.4 Å². The quantitative estimate of drug-likeness (QED) is 0.259. The summed E-state index contributed by atoms with van der Waals surface area (Å²) in [5.74, 6) is 0.271. The summed E-state index contributed by atoms with van der Waals surface area (Å²) in [7, 11) is 47.4. The van der Waals surface area contributed by atoms with Crippen molar-refractivity contribution in [2.24, 2.45) is 0 Å². The van der Waals surface area contributed by atoms with Gasteiger partial charge in [-0.3, -0.25) is 4.79 Å². The van der Waals surface area contributed by atoms with Gasteiger partial charge in [0.25, 0.3) is 0 Å². The average Bonchev–Trinajstić information content (AvgIpc) is 2.78. The Kier molecular flexibility index (Phi) is 44.7. The van der Waals surface area contributed by atoms with Crippen molar-refractivity contribution < 1.29 is 26.0 Å². The summed E-state index contributed by atoms with van der Waals surface area (Å²) in [6.45, 7) is 0. The van der Waals surface area contributed by atoms with E-state index in [0.717, 1.165) is 0 Å². The summed E-state index contributed by atoms with van der Waals surface area (Å²) in [6, 6.07) is 10.7. The molecule has 0 aliphatic rings. The molecule has 5 nitrogen and oxygen atoms in total. The van der Waals surface area contributed by atoms with Crippen LogP contribution in [0.2, 0.25) is 10.0 Å². The number of aromatic hydroxyl groups is 2. The van der Waals surface area contributed by atoms with Crippen LogP contribution in [0.4, 0.5) is 0 Å². The van der Waals surface area contributed by atoms with Crippen LogP contribution in [0, 0.1) is 0 Å². The number of hydrogen-bond donors (Lipinski definition) is 2. The zero-order valence-electron chi connectivity index (χ0n) is 21.2. The molecule has 2 rings (SSSR count). The number of rotatable bonds is 5. The SMILES string of the molecule is ClC(Cl)Cl.O=Cc1ccc(O)cc1Cl.Oc1cccc(Cl)c1.[B]B([B])B([B])B([B])[B].[B][B]B([B])B([B])[B].[Ca+2].[OH-].[OH-]. The van der Waals surface area contributed by atoms with Gasteiger partial charge >= 0.3 is 37.7 Å². The number of hydrogen-bond acceptors (Lipinski definition) is 5. The zero-order valence-corrected chi connectivity index (χ0v) is 27.1. The molecule has 0 aliphatic heterocycles. The van der Waals surface area contributed by atoms with Gasteiger partial charge in [0.1, 0.15) is 11.5 Å². The summed E-state index contributed by atoms with van der Waals surface area (Å²) in [4.78, 5) is 10.2. The van der Waals surface area contributed by atoms with Crippen LogP contribution in [0.5, 0.6) is 11.5 Å². The second kappa shape index (κ2) is 33.2. The van der Waals surface area contributed by atoms with E-state index in [4.69, 9.17) is 138 Å². The largest absolute Gasteiger partial charge is 2.00 e. The first-order chi connectivity index (χ1) is 17.0. The maximum absolute atomic E-state index is 10.2. The third-order valence-electron chi connectivity index (χ3n) is 3.47. The molecule has 0 saturated carbocycles. The van der Waals surface area contributed by atoms with Crippen LogP contribution >= 0.6 is 58.0 Å². The predicted octanol–water partition coefficient (Wildman–Crippen LogP) is -0.556. The molecule has 0 amide bonds. The molecule has 19 radical (unpaired) electrons. The Morgan fingerprint density at radius 2 is 1.20 bits per heavy atom. The van der Waals surface area contributed by atoms with Gasteiger partial charge in [0, 0.05) is 119 Å². The fraction of sp³-hybridized carbons (Fsp3) is 0.0714. The van der Waals surface area contributed by atoms with Crippen molar-refractivity contribution in [1.82, 2.24) is 0 Å². The van der Waals surface area contributed by atoms with E-state index in [2.05, 4.69) is 0 Å². The molecule has 2 aromatic carbocycles. The molecule has 40 heavy (non-hydrogen) atoms. The number of carbonyl (C=O) groups excluding carboxylic acids is 1. The molecular formula is C14H13B15CaCl5O5. The topological polar surface area (TPSA) is 118 Å². The Morgan fingerprint density at radius 3 is 1.40 bits per heavy atom. The number of alkyl halides is 3. The van der Waals surface area contributed by atoms with Crippen molar-refractivity contribution in [3.8, 4) is 11.5 Å². The Bertz CT molecular complexity index is 841. The van der Waals surface area contributed by atoms with Crippen molar-refractivity contribution in [2.45, 2.75) is 4.30 Å². The Balaban J connectivity index is -0.0000000907. The molecule has 0 bridgehead atoms.